The molecule has 0 saturated carbocycles. The summed E-state index contributed by atoms with van der Waals surface area (Å²) in [6.45, 7) is 1.19. The number of hydrogen-bond acceptors (Lipinski definition) is 3. The zero-order valence-corrected chi connectivity index (χ0v) is 15.6. The second kappa shape index (κ2) is 8.71. The number of ether oxygens (including phenoxy) is 1. The Morgan fingerprint density at radius 2 is 1.63 bits per heavy atom. The monoisotopic (exact) mass is 366 g/mol. The largest absolute Gasteiger partial charge is 0.497 e. The van der Waals surface area contributed by atoms with Crippen LogP contribution in [0, 0.1) is 5.92 Å². The van der Waals surface area contributed by atoms with Crippen LogP contribution in [0.4, 0.5) is 0 Å². The SMILES string of the molecule is COc1ccc([C@@H](CC(=O)N2CCC(C(N)=O)CC2)c2ccccc2)cc1. The number of benzene rings is 2. The van der Waals surface area contributed by atoms with E-state index in [1.807, 2.05) is 47.4 Å². The highest BCUT2D eigenvalue weighted by Gasteiger charge is 2.28. The van der Waals surface area contributed by atoms with Crippen molar-refractivity contribution in [3.8, 4) is 5.75 Å². The molecule has 142 valence electrons. The summed E-state index contributed by atoms with van der Waals surface area (Å²) >= 11 is 0. The van der Waals surface area contributed by atoms with Gasteiger partial charge < -0.3 is 15.4 Å². The smallest absolute Gasteiger partial charge is 0.223 e. The van der Waals surface area contributed by atoms with E-state index in [1.54, 1.807) is 7.11 Å². The Kier molecular flexibility index (Phi) is 6.12. The van der Waals surface area contributed by atoms with Crippen LogP contribution < -0.4 is 10.5 Å². The van der Waals surface area contributed by atoms with Crippen molar-refractivity contribution in [1.29, 1.82) is 0 Å². The summed E-state index contributed by atoms with van der Waals surface area (Å²) in [7, 11) is 1.64. The van der Waals surface area contributed by atoms with E-state index in [4.69, 9.17) is 10.5 Å². The summed E-state index contributed by atoms with van der Waals surface area (Å²) in [5.41, 5.74) is 7.59. The van der Waals surface area contributed by atoms with Gasteiger partial charge in [-0.05, 0) is 36.1 Å². The molecule has 2 aromatic carbocycles. The van der Waals surface area contributed by atoms with Crippen molar-refractivity contribution in [3.63, 3.8) is 0 Å². The van der Waals surface area contributed by atoms with Crippen molar-refractivity contribution >= 4 is 11.8 Å². The zero-order valence-electron chi connectivity index (χ0n) is 15.6. The number of hydrogen-bond donors (Lipinski definition) is 1. The number of rotatable bonds is 6. The lowest BCUT2D eigenvalue weighted by Crippen LogP contribution is -2.42. The predicted molar refractivity (Wildman–Crippen MR) is 104 cm³/mol. The molecule has 2 N–H and O–H groups in total. The first-order chi connectivity index (χ1) is 13.1. The van der Waals surface area contributed by atoms with Crippen molar-refractivity contribution in [2.45, 2.75) is 25.2 Å². The highest BCUT2D eigenvalue weighted by molar-refractivity contribution is 5.79. The molecule has 1 fully saturated rings. The van der Waals surface area contributed by atoms with Crippen LogP contribution in [0.2, 0.25) is 0 Å². The average Bonchev–Trinajstić information content (AvgIpc) is 2.72. The number of carbonyl (C=O) groups is 2. The Labute approximate surface area is 160 Å². The van der Waals surface area contributed by atoms with Crippen LogP contribution in [0.5, 0.6) is 5.75 Å². The number of methoxy groups -OCH3 is 1. The van der Waals surface area contributed by atoms with E-state index in [0.29, 0.717) is 32.4 Å². The number of nitrogens with zero attached hydrogens (tertiary/aromatic N) is 1. The lowest BCUT2D eigenvalue weighted by Gasteiger charge is -2.32. The third-order valence-corrected chi connectivity index (χ3v) is 5.35. The van der Waals surface area contributed by atoms with Crippen LogP contribution >= 0.6 is 0 Å². The highest BCUT2D eigenvalue weighted by Crippen LogP contribution is 2.30. The second-order valence-electron chi connectivity index (χ2n) is 7.00. The fourth-order valence-electron chi connectivity index (χ4n) is 3.67. The van der Waals surface area contributed by atoms with Crippen molar-refractivity contribution in [2.75, 3.05) is 20.2 Å². The maximum Gasteiger partial charge on any atom is 0.223 e. The van der Waals surface area contributed by atoms with Gasteiger partial charge in [0.2, 0.25) is 11.8 Å². The van der Waals surface area contributed by atoms with Crippen molar-refractivity contribution in [2.24, 2.45) is 11.7 Å². The van der Waals surface area contributed by atoms with Crippen LogP contribution in [0.3, 0.4) is 0 Å². The molecule has 1 aliphatic heterocycles. The number of primary amides is 1. The Balaban J connectivity index is 1.75. The van der Waals surface area contributed by atoms with Crippen molar-refractivity contribution in [3.05, 3.63) is 65.7 Å². The lowest BCUT2D eigenvalue weighted by atomic mass is 9.87. The van der Waals surface area contributed by atoms with E-state index < -0.39 is 0 Å². The predicted octanol–water partition coefficient (Wildman–Crippen LogP) is 2.94. The molecular formula is C22H26N2O3. The van der Waals surface area contributed by atoms with Crippen LogP contribution in [0.25, 0.3) is 0 Å². The molecule has 0 spiro atoms. The molecular weight excluding hydrogens is 340 g/mol. The fraction of sp³-hybridized carbons (Fsp3) is 0.364. The molecule has 1 aliphatic rings. The van der Waals surface area contributed by atoms with Gasteiger partial charge in [0.15, 0.2) is 0 Å². The van der Waals surface area contributed by atoms with Crippen molar-refractivity contribution in [1.82, 2.24) is 4.90 Å². The molecule has 1 heterocycles. The zero-order chi connectivity index (χ0) is 19.2. The van der Waals surface area contributed by atoms with E-state index in [-0.39, 0.29) is 23.7 Å². The van der Waals surface area contributed by atoms with Gasteiger partial charge >= 0.3 is 0 Å². The molecule has 3 rings (SSSR count). The summed E-state index contributed by atoms with van der Waals surface area (Å²) in [5, 5.41) is 0. The molecule has 0 bridgehead atoms. The lowest BCUT2D eigenvalue weighted by molar-refractivity contribution is -0.135. The fourth-order valence-corrected chi connectivity index (χ4v) is 3.67. The van der Waals surface area contributed by atoms with Gasteiger partial charge in [0.1, 0.15) is 5.75 Å². The standard InChI is InChI=1S/C22H26N2O3/c1-27-19-9-7-17(8-10-19)20(16-5-3-2-4-6-16)15-21(25)24-13-11-18(12-14-24)22(23)26/h2-10,18,20H,11-15H2,1H3,(H2,23,26)/t20-/m0/s1. The van der Waals surface area contributed by atoms with Gasteiger partial charge in [-0.2, -0.15) is 0 Å². The Morgan fingerprint density at radius 1 is 1.04 bits per heavy atom. The third kappa shape index (κ3) is 4.67. The molecule has 0 aromatic heterocycles. The van der Waals surface area contributed by atoms with Gasteiger partial charge in [0.05, 0.1) is 7.11 Å². The van der Waals surface area contributed by atoms with Crippen LogP contribution in [-0.4, -0.2) is 36.9 Å². The molecule has 1 saturated heterocycles. The van der Waals surface area contributed by atoms with E-state index in [9.17, 15) is 9.59 Å². The highest BCUT2D eigenvalue weighted by atomic mass is 16.5. The minimum absolute atomic E-state index is 0.0153. The first-order valence-corrected chi connectivity index (χ1v) is 9.34. The van der Waals surface area contributed by atoms with Gasteiger partial charge in [0, 0.05) is 31.3 Å². The molecule has 5 heteroatoms. The number of amides is 2. The number of likely N-dealkylation sites (tertiary alicyclic amines) is 1. The summed E-state index contributed by atoms with van der Waals surface area (Å²) < 4.78 is 5.25. The van der Waals surface area contributed by atoms with E-state index >= 15 is 0 Å². The first-order valence-electron chi connectivity index (χ1n) is 9.34. The van der Waals surface area contributed by atoms with Crippen LogP contribution in [0.15, 0.2) is 54.6 Å². The van der Waals surface area contributed by atoms with Crippen LogP contribution in [-0.2, 0) is 9.59 Å². The molecule has 0 unspecified atom stereocenters. The number of carbonyl (C=O) groups excluding carboxylic acids is 2. The third-order valence-electron chi connectivity index (χ3n) is 5.35. The summed E-state index contributed by atoms with van der Waals surface area (Å²) in [4.78, 5) is 26.1. The quantitative estimate of drug-likeness (QED) is 0.854. The molecule has 2 aromatic rings. The van der Waals surface area contributed by atoms with Crippen LogP contribution in [0.1, 0.15) is 36.3 Å². The molecule has 0 aliphatic carbocycles. The Morgan fingerprint density at radius 3 is 2.19 bits per heavy atom. The van der Waals surface area contributed by atoms with Crippen molar-refractivity contribution < 1.29 is 14.3 Å². The average molecular weight is 366 g/mol. The topological polar surface area (TPSA) is 72.6 Å². The maximum atomic E-state index is 12.9. The maximum absolute atomic E-state index is 12.9. The van der Waals surface area contributed by atoms with Gasteiger partial charge in [-0.25, -0.2) is 0 Å². The Bertz CT molecular complexity index is 766. The number of piperidine rings is 1. The van der Waals surface area contributed by atoms with E-state index in [2.05, 4.69) is 12.1 Å². The molecule has 5 nitrogen and oxygen atoms in total. The molecule has 2 amide bonds. The Hall–Kier alpha value is -2.82. The second-order valence-corrected chi connectivity index (χ2v) is 7.00. The van der Waals surface area contributed by atoms with Gasteiger partial charge in [0.25, 0.3) is 0 Å². The van der Waals surface area contributed by atoms with Gasteiger partial charge in [-0.15, -0.1) is 0 Å². The molecule has 1 atom stereocenters. The van der Waals surface area contributed by atoms with E-state index in [0.717, 1.165) is 16.9 Å². The van der Waals surface area contributed by atoms with E-state index in [1.165, 1.54) is 0 Å². The van der Waals surface area contributed by atoms with Gasteiger partial charge in [-0.3, -0.25) is 9.59 Å². The number of nitrogens with two attached hydrogens (primary N) is 1. The minimum atomic E-state index is -0.262. The first kappa shape index (κ1) is 19.0. The minimum Gasteiger partial charge on any atom is -0.497 e. The van der Waals surface area contributed by atoms with Gasteiger partial charge in [-0.1, -0.05) is 42.5 Å². The molecule has 27 heavy (non-hydrogen) atoms. The summed E-state index contributed by atoms with van der Waals surface area (Å²) in [6, 6.07) is 18.0. The molecule has 0 radical (unpaired) electrons. The summed E-state index contributed by atoms with van der Waals surface area (Å²) in [5.74, 6) is 0.523. The normalized spacial score (nSPS) is 16.0. The summed E-state index contributed by atoms with van der Waals surface area (Å²) in [6.07, 6.45) is 1.71.